The van der Waals surface area contributed by atoms with E-state index in [1.807, 2.05) is 25.1 Å². The second kappa shape index (κ2) is 10.3. The van der Waals surface area contributed by atoms with Crippen LogP contribution >= 0.6 is 0 Å². The van der Waals surface area contributed by atoms with Gasteiger partial charge in [-0.15, -0.1) is 0 Å². The standard InChI is InChI=1S/C28H26N2O7S/c1-3-35-28(32)20-7-9-23(10-8-20)38(33,34)30(15-19-5-11-25-26(13-19)37-17-36-25)16-22-14-21-6-4-18(2)12-24(21)29-27(22)31/h4-14H,3,15-17H2,1-2H3,(H,29,31). The largest absolute Gasteiger partial charge is 0.462 e. The van der Waals surface area contributed by atoms with E-state index in [-0.39, 0.29) is 42.5 Å². The van der Waals surface area contributed by atoms with Crippen molar-refractivity contribution in [2.75, 3.05) is 13.4 Å². The molecule has 0 saturated heterocycles. The van der Waals surface area contributed by atoms with E-state index in [4.69, 9.17) is 14.2 Å². The van der Waals surface area contributed by atoms with Crippen LogP contribution in [-0.4, -0.2) is 37.1 Å². The van der Waals surface area contributed by atoms with Crippen LogP contribution in [0.4, 0.5) is 0 Å². The number of benzene rings is 3. The van der Waals surface area contributed by atoms with Crippen molar-refractivity contribution in [3.05, 3.63) is 99.3 Å². The number of fused-ring (bicyclic) bond motifs is 2. The van der Waals surface area contributed by atoms with Crippen LogP contribution in [0, 0.1) is 6.92 Å². The predicted octanol–water partition coefficient (Wildman–Crippen LogP) is 4.13. The zero-order valence-electron chi connectivity index (χ0n) is 20.9. The number of nitrogens with zero attached hydrogens (tertiary/aromatic N) is 1. The predicted molar refractivity (Wildman–Crippen MR) is 141 cm³/mol. The fourth-order valence-corrected chi connectivity index (χ4v) is 5.67. The summed E-state index contributed by atoms with van der Waals surface area (Å²) in [6, 6.07) is 18.1. The third-order valence-electron chi connectivity index (χ3n) is 6.22. The number of H-pyrrole nitrogens is 1. The van der Waals surface area contributed by atoms with Gasteiger partial charge < -0.3 is 19.2 Å². The first-order valence-corrected chi connectivity index (χ1v) is 13.5. The molecule has 196 valence electrons. The van der Waals surface area contributed by atoms with Gasteiger partial charge in [0, 0.05) is 24.2 Å². The Labute approximate surface area is 219 Å². The first-order valence-electron chi connectivity index (χ1n) is 12.0. The molecule has 1 aliphatic rings. The molecule has 4 aromatic rings. The molecule has 38 heavy (non-hydrogen) atoms. The molecule has 0 bridgehead atoms. The fourth-order valence-electron chi connectivity index (χ4n) is 4.26. The number of hydrogen-bond acceptors (Lipinski definition) is 7. The smallest absolute Gasteiger partial charge is 0.338 e. The van der Waals surface area contributed by atoms with E-state index in [9.17, 15) is 18.0 Å². The topological polar surface area (TPSA) is 115 Å². The molecule has 1 N–H and O–H groups in total. The van der Waals surface area contributed by atoms with Crippen molar-refractivity contribution in [3.63, 3.8) is 0 Å². The lowest BCUT2D eigenvalue weighted by Crippen LogP contribution is -2.32. The highest BCUT2D eigenvalue weighted by Gasteiger charge is 2.27. The van der Waals surface area contributed by atoms with Gasteiger partial charge in [-0.2, -0.15) is 4.31 Å². The molecule has 9 nitrogen and oxygen atoms in total. The number of carbonyl (C=O) groups is 1. The molecule has 5 rings (SSSR count). The number of pyridine rings is 1. The normalized spacial score (nSPS) is 12.7. The number of sulfonamides is 1. The summed E-state index contributed by atoms with van der Waals surface area (Å²) in [5.41, 5.74) is 2.52. The number of rotatable bonds is 8. The van der Waals surface area contributed by atoms with Gasteiger partial charge in [-0.05, 0) is 78.9 Å². The first kappa shape index (κ1) is 25.5. The zero-order chi connectivity index (χ0) is 26.9. The molecule has 3 aromatic carbocycles. The molecule has 0 radical (unpaired) electrons. The molecule has 2 heterocycles. The van der Waals surface area contributed by atoms with Crippen LogP contribution in [0.2, 0.25) is 0 Å². The summed E-state index contributed by atoms with van der Waals surface area (Å²) < 4.78 is 44.7. The van der Waals surface area contributed by atoms with Gasteiger partial charge in [0.2, 0.25) is 16.8 Å². The second-order valence-electron chi connectivity index (χ2n) is 8.92. The third kappa shape index (κ3) is 5.13. The minimum Gasteiger partial charge on any atom is -0.462 e. The number of ether oxygens (including phenoxy) is 3. The number of aromatic nitrogens is 1. The van der Waals surface area contributed by atoms with Crippen LogP contribution in [0.3, 0.4) is 0 Å². The highest BCUT2D eigenvalue weighted by molar-refractivity contribution is 7.89. The molecule has 0 unspecified atom stereocenters. The van der Waals surface area contributed by atoms with E-state index >= 15 is 0 Å². The van der Waals surface area contributed by atoms with Crippen molar-refractivity contribution in [2.24, 2.45) is 0 Å². The number of aromatic amines is 1. The van der Waals surface area contributed by atoms with Crippen LogP contribution < -0.4 is 15.0 Å². The van der Waals surface area contributed by atoms with E-state index in [2.05, 4.69) is 4.98 Å². The van der Waals surface area contributed by atoms with Crippen molar-refractivity contribution in [1.82, 2.24) is 9.29 Å². The Morgan fingerprint density at radius 2 is 1.74 bits per heavy atom. The van der Waals surface area contributed by atoms with Gasteiger partial charge in [0.1, 0.15) is 0 Å². The molecule has 0 saturated carbocycles. The Hall–Kier alpha value is -4.15. The van der Waals surface area contributed by atoms with Gasteiger partial charge >= 0.3 is 5.97 Å². The number of carbonyl (C=O) groups excluding carboxylic acids is 1. The number of esters is 1. The Balaban J connectivity index is 1.52. The SMILES string of the molecule is CCOC(=O)c1ccc(S(=O)(=O)N(Cc2ccc3c(c2)OCO3)Cc2cc3ccc(C)cc3[nH]c2=O)cc1. The van der Waals surface area contributed by atoms with Crippen LogP contribution in [0.25, 0.3) is 10.9 Å². The number of hydrogen-bond donors (Lipinski definition) is 1. The zero-order valence-corrected chi connectivity index (χ0v) is 21.7. The monoisotopic (exact) mass is 534 g/mol. The Bertz CT molecular complexity index is 1680. The van der Waals surface area contributed by atoms with Gasteiger partial charge in [0.05, 0.1) is 17.1 Å². The van der Waals surface area contributed by atoms with E-state index in [0.29, 0.717) is 28.1 Å². The minimum atomic E-state index is -4.09. The molecule has 10 heteroatoms. The van der Waals surface area contributed by atoms with Crippen molar-refractivity contribution < 1.29 is 27.4 Å². The fraction of sp³-hybridized carbons (Fsp3) is 0.214. The summed E-state index contributed by atoms with van der Waals surface area (Å²) in [4.78, 5) is 27.8. The summed E-state index contributed by atoms with van der Waals surface area (Å²) in [5.74, 6) is 0.572. The lowest BCUT2D eigenvalue weighted by molar-refractivity contribution is 0.0526. The van der Waals surface area contributed by atoms with Gasteiger partial charge in [0.15, 0.2) is 11.5 Å². The van der Waals surface area contributed by atoms with Gasteiger partial charge in [-0.25, -0.2) is 13.2 Å². The van der Waals surface area contributed by atoms with Gasteiger partial charge in [0.25, 0.3) is 5.56 Å². The summed E-state index contributed by atoms with van der Waals surface area (Å²) in [7, 11) is -4.09. The lowest BCUT2D eigenvalue weighted by atomic mass is 10.1. The molecule has 0 fully saturated rings. The third-order valence-corrected chi connectivity index (χ3v) is 8.03. The van der Waals surface area contributed by atoms with Crippen LogP contribution in [0.1, 0.15) is 34.0 Å². The van der Waals surface area contributed by atoms with E-state index < -0.39 is 16.0 Å². The maximum atomic E-state index is 13.8. The molecular formula is C28H26N2O7S. The van der Waals surface area contributed by atoms with Gasteiger partial charge in [-0.3, -0.25) is 4.79 Å². The van der Waals surface area contributed by atoms with Crippen molar-refractivity contribution >= 4 is 26.9 Å². The summed E-state index contributed by atoms with van der Waals surface area (Å²) in [6.07, 6.45) is 0. The van der Waals surface area contributed by atoms with Crippen LogP contribution in [-0.2, 0) is 27.8 Å². The van der Waals surface area contributed by atoms with Crippen LogP contribution in [0.5, 0.6) is 11.5 Å². The molecule has 1 aromatic heterocycles. The molecule has 1 aliphatic heterocycles. The van der Waals surface area contributed by atoms with Gasteiger partial charge in [-0.1, -0.05) is 18.2 Å². The summed E-state index contributed by atoms with van der Waals surface area (Å²) in [5, 5.41) is 0.796. The quantitative estimate of drug-likeness (QED) is 0.338. The molecule has 0 atom stereocenters. The summed E-state index contributed by atoms with van der Waals surface area (Å²) >= 11 is 0. The first-order chi connectivity index (χ1) is 18.2. The highest BCUT2D eigenvalue weighted by atomic mass is 32.2. The maximum Gasteiger partial charge on any atom is 0.338 e. The van der Waals surface area contributed by atoms with E-state index in [0.717, 1.165) is 10.9 Å². The Morgan fingerprint density at radius 1 is 0.974 bits per heavy atom. The molecular weight excluding hydrogens is 508 g/mol. The molecule has 0 amide bonds. The second-order valence-corrected chi connectivity index (χ2v) is 10.9. The summed E-state index contributed by atoms with van der Waals surface area (Å²) in [6.45, 7) is 3.74. The maximum absolute atomic E-state index is 13.8. The van der Waals surface area contributed by atoms with E-state index in [1.54, 1.807) is 31.2 Å². The lowest BCUT2D eigenvalue weighted by Gasteiger charge is -2.23. The Kier molecular flexibility index (Phi) is 6.92. The molecule has 0 spiro atoms. The number of nitrogens with one attached hydrogen (secondary N) is 1. The van der Waals surface area contributed by atoms with Crippen molar-refractivity contribution in [1.29, 1.82) is 0 Å². The average molecular weight is 535 g/mol. The highest BCUT2D eigenvalue weighted by Crippen LogP contribution is 2.33. The molecule has 0 aliphatic carbocycles. The van der Waals surface area contributed by atoms with Crippen molar-refractivity contribution in [3.8, 4) is 11.5 Å². The van der Waals surface area contributed by atoms with Crippen molar-refractivity contribution in [2.45, 2.75) is 31.8 Å². The minimum absolute atomic E-state index is 0.0147. The average Bonchev–Trinajstić information content (AvgIpc) is 3.37. The van der Waals surface area contributed by atoms with Crippen LogP contribution in [0.15, 0.2) is 76.4 Å². The van der Waals surface area contributed by atoms with E-state index in [1.165, 1.54) is 28.6 Å². The number of aryl methyl sites for hydroxylation is 1. The Morgan fingerprint density at radius 3 is 2.50 bits per heavy atom.